The Hall–Kier alpha value is -2.90. The second kappa shape index (κ2) is 10.0. The van der Waals surface area contributed by atoms with Crippen molar-refractivity contribution in [3.63, 3.8) is 0 Å². The van der Waals surface area contributed by atoms with E-state index in [2.05, 4.69) is 0 Å². The summed E-state index contributed by atoms with van der Waals surface area (Å²) >= 11 is 1.42. The first-order valence-corrected chi connectivity index (χ1v) is 10.1. The molecule has 29 heavy (non-hydrogen) atoms. The number of rotatable bonds is 9. The molecule has 1 amide bonds. The molecule has 2 aromatic carbocycles. The molecule has 7 heteroatoms. The maximum Gasteiger partial charge on any atom is 0.260 e. The van der Waals surface area contributed by atoms with E-state index in [1.807, 2.05) is 53.9 Å². The number of nitrogens with zero attached hydrogens (tertiary/aromatic N) is 2. The predicted octanol–water partition coefficient (Wildman–Crippen LogP) is 4.51. The molecule has 0 radical (unpaired) electrons. The van der Waals surface area contributed by atoms with Crippen LogP contribution in [-0.2, 0) is 4.74 Å². The third-order valence-electron chi connectivity index (χ3n) is 4.40. The molecule has 3 rings (SSSR count). The van der Waals surface area contributed by atoms with Gasteiger partial charge in [-0.3, -0.25) is 9.69 Å². The molecule has 6 nitrogen and oxygen atoms in total. The van der Waals surface area contributed by atoms with Crippen LogP contribution in [0, 0.1) is 0 Å². The van der Waals surface area contributed by atoms with Gasteiger partial charge in [0.25, 0.3) is 5.91 Å². The summed E-state index contributed by atoms with van der Waals surface area (Å²) in [5, 5.41) is 2.56. The van der Waals surface area contributed by atoms with Crippen LogP contribution in [0.3, 0.4) is 0 Å². The van der Waals surface area contributed by atoms with Crippen molar-refractivity contribution in [3.05, 3.63) is 59.5 Å². The Morgan fingerprint density at radius 2 is 1.86 bits per heavy atom. The summed E-state index contributed by atoms with van der Waals surface area (Å²) in [5.41, 5.74) is 2.18. The Labute approximate surface area is 174 Å². The summed E-state index contributed by atoms with van der Waals surface area (Å²) in [6.45, 7) is 1.09. The summed E-state index contributed by atoms with van der Waals surface area (Å²) in [7, 11) is 4.89. The summed E-state index contributed by atoms with van der Waals surface area (Å²) in [5.74, 6) is 1.33. The highest BCUT2D eigenvalue weighted by Crippen LogP contribution is 2.36. The van der Waals surface area contributed by atoms with Gasteiger partial charge in [0.2, 0.25) is 0 Å². The predicted molar refractivity (Wildman–Crippen MR) is 115 cm³/mol. The standard InChI is InChI=1S/C22H24N2O4S/c1-26-13-7-12-24(21(25)16-8-5-4-6-9-16)22-23-19(15-29-22)18-14-17(27-2)10-11-20(18)28-3/h4-6,8-11,14-15H,7,12-13H2,1-3H3. The number of amides is 1. The monoisotopic (exact) mass is 412 g/mol. The number of methoxy groups -OCH3 is 3. The molecule has 0 aliphatic rings. The lowest BCUT2D eigenvalue weighted by Crippen LogP contribution is -2.32. The Balaban J connectivity index is 1.94. The van der Waals surface area contributed by atoms with E-state index in [0.29, 0.717) is 41.8 Å². The Morgan fingerprint density at radius 1 is 1.07 bits per heavy atom. The topological polar surface area (TPSA) is 60.9 Å². The van der Waals surface area contributed by atoms with Crippen molar-refractivity contribution in [2.45, 2.75) is 6.42 Å². The van der Waals surface area contributed by atoms with Crippen LogP contribution in [0.15, 0.2) is 53.9 Å². The first-order chi connectivity index (χ1) is 14.2. The smallest absolute Gasteiger partial charge is 0.260 e. The van der Waals surface area contributed by atoms with E-state index >= 15 is 0 Å². The molecule has 0 fully saturated rings. The normalized spacial score (nSPS) is 10.6. The minimum Gasteiger partial charge on any atom is -0.497 e. The molecule has 1 heterocycles. The number of benzene rings is 2. The summed E-state index contributed by atoms with van der Waals surface area (Å²) < 4.78 is 16.0. The van der Waals surface area contributed by atoms with E-state index < -0.39 is 0 Å². The molecule has 1 aromatic heterocycles. The molecule has 152 valence electrons. The summed E-state index contributed by atoms with van der Waals surface area (Å²) in [6, 6.07) is 14.8. The van der Waals surface area contributed by atoms with Crippen molar-refractivity contribution < 1.29 is 19.0 Å². The number of thiazole rings is 1. The second-order valence-electron chi connectivity index (χ2n) is 6.25. The van der Waals surface area contributed by atoms with Crippen molar-refractivity contribution in [1.29, 1.82) is 0 Å². The average Bonchev–Trinajstić information content (AvgIpc) is 3.26. The van der Waals surface area contributed by atoms with E-state index in [1.165, 1.54) is 11.3 Å². The zero-order valence-electron chi connectivity index (χ0n) is 16.8. The third kappa shape index (κ3) is 4.93. The second-order valence-corrected chi connectivity index (χ2v) is 7.09. The molecule has 0 atom stereocenters. The highest BCUT2D eigenvalue weighted by atomic mass is 32.1. The van der Waals surface area contributed by atoms with E-state index in [-0.39, 0.29) is 5.91 Å². The fraction of sp³-hybridized carbons (Fsp3) is 0.273. The largest absolute Gasteiger partial charge is 0.497 e. The van der Waals surface area contributed by atoms with Gasteiger partial charge >= 0.3 is 0 Å². The Kier molecular flexibility index (Phi) is 7.21. The van der Waals surface area contributed by atoms with Gasteiger partial charge in [-0.05, 0) is 36.8 Å². The number of hydrogen-bond donors (Lipinski definition) is 0. The highest BCUT2D eigenvalue weighted by Gasteiger charge is 2.21. The van der Waals surface area contributed by atoms with Crippen LogP contribution in [0.25, 0.3) is 11.3 Å². The summed E-state index contributed by atoms with van der Waals surface area (Å²) in [4.78, 5) is 19.6. The minimum atomic E-state index is -0.0831. The molecule has 0 aliphatic heterocycles. The van der Waals surface area contributed by atoms with Crippen molar-refractivity contribution in [2.75, 3.05) is 39.4 Å². The van der Waals surface area contributed by atoms with Crippen molar-refractivity contribution in [2.24, 2.45) is 0 Å². The fourth-order valence-corrected chi connectivity index (χ4v) is 3.76. The lowest BCUT2D eigenvalue weighted by Gasteiger charge is -2.20. The van der Waals surface area contributed by atoms with Gasteiger partial charge in [-0.25, -0.2) is 4.98 Å². The molecular formula is C22H24N2O4S. The maximum absolute atomic E-state index is 13.1. The molecular weight excluding hydrogens is 388 g/mol. The van der Waals surface area contributed by atoms with Crippen LogP contribution in [0.5, 0.6) is 11.5 Å². The molecule has 0 spiro atoms. The van der Waals surface area contributed by atoms with Crippen LogP contribution in [0.2, 0.25) is 0 Å². The number of carbonyl (C=O) groups excluding carboxylic acids is 1. The lowest BCUT2D eigenvalue weighted by atomic mass is 10.1. The zero-order valence-corrected chi connectivity index (χ0v) is 17.6. The Bertz CT molecular complexity index is 943. The highest BCUT2D eigenvalue weighted by molar-refractivity contribution is 7.14. The minimum absolute atomic E-state index is 0.0831. The maximum atomic E-state index is 13.1. The zero-order chi connectivity index (χ0) is 20.6. The van der Waals surface area contributed by atoms with Gasteiger partial charge < -0.3 is 14.2 Å². The van der Waals surface area contributed by atoms with Crippen LogP contribution in [0.4, 0.5) is 5.13 Å². The first-order valence-electron chi connectivity index (χ1n) is 9.21. The van der Waals surface area contributed by atoms with Crippen LogP contribution >= 0.6 is 11.3 Å². The van der Waals surface area contributed by atoms with Crippen LogP contribution < -0.4 is 14.4 Å². The molecule has 0 saturated heterocycles. The number of hydrogen-bond acceptors (Lipinski definition) is 6. The first kappa shape index (κ1) is 20.8. The van der Waals surface area contributed by atoms with Gasteiger partial charge in [0.1, 0.15) is 11.5 Å². The van der Waals surface area contributed by atoms with Crippen molar-refractivity contribution in [3.8, 4) is 22.8 Å². The number of ether oxygens (including phenoxy) is 3. The van der Waals surface area contributed by atoms with E-state index in [1.54, 1.807) is 26.2 Å². The Morgan fingerprint density at radius 3 is 2.55 bits per heavy atom. The molecule has 0 saturated carbocycles. The van der Waals surface area contributed by atoms with E-state index in [9.17, 15) is 4.79 Å². The van der Waals surface area contributed by atoms with Gasteiger partial charge in [-0.15, -0.1) is 11.3 Å². The fourth-order valence-electron chi connectivity index (χ4n) is 2.91. The number of anilines is 1. The van der Waals surface area contributed by atoms with E-state index in [4.69, 9.17) is 19.2 Å². The van der Waals surface area contributed by atoms with Gasteiger partial charge in [0, 0.05) is 36.8 Å². The molecule has 0 unspecified atom stereocenters. The third-order valence-corrected chi connectivity index (χ3v) is 5.27. The summed E-state index contributed by atoms with van der Waals surface area (Å²) in [6.07, 6.45) is 0.715. The van der Waals surface area contributed by atoms with Crippen molar-refractivity contribution in [1.82, 2.24) is 4.98 Å². The van der Waals surface area contributed by atoms with Crippen LogP contribution in [0.1, 0.15) is 16.8 Å². The van der Waals surface area contributed by atoms with E-state index in [0.717, 1.165) is 11.3 Å². The van der Waals surface area contributed by atoms with Crippen LogP contribution in [-0.4, -0.2) is 45.4 Å². The average molecular weight is 413 g/mol. The molecule has 3 aromatic rings. The quantitative estimate of drug-likeness (QED) is 0.484. The van der Waals surface area contributed by atoms with Crippen molar-refractivity contribution >= 4 is 22.4 Å². The van der Waals surface area contributed by atoms with Gasteiger partial charge in [0.15, 0.2) is 5.13 Å². The molecule has 0 bridgehead atoms. The SMILES string of the molecule is COCCCN(C(=O)c1ccccc1)c1nc(-c2cc(OC)ccc2OC)cs1. The van der Waals surface area contributed by atoms with Gasteiger partial charge in [0.05, 0.1) is 19.9 Å². The number of aromatic nitrogens is 1. The molecule has 0 aliphatic carbocycles. The van der Waals surface area contributed by atoms with Gasteiger partial charge in [-0.1, -0.05) is 18.2 Å². The number of carbonyl (C=O) groups is 1. The molecule has 0 N–H and O–H groups in total. The van der Waals surface area contributed by atoms with Gasteiger partial charge in [-0.2, -0.15) is 0 Å². The lowest BCUT2D eigenvalue weighted by molar-refractivity contribution is 0.0983.